The number of hydrogen-bond donors (Lipinski definition) is 1. The predicted octanol–water partition coefficient (Wildman–Crippen LogP) is 3.79. The fraction of sp³-hybridized carbons (Fsp3) is 0.235. The highest BCUT2D eigenvalue weighted by atomic mass is 32.2. The molecule has 0 radical (unpaired) electrons. The summed E-state index contributed by atoms with van der Waals surface area (Å²) in [4.78, 5) is 12.6. The van der Waals surface area contributed by atoms with Crippen molar-refractivity contribution in [3.63, 3.8) is 0 Å². The van der Waals surface area contributed by atoms with Gasteiger partial charge in [0.25, 0.3) is 11.7 Å². The van der Waals surface area contributed by atoms with E-state index in [0.29, 0.717) is 46.6 Å². The molecule has 1 N–H and O–H groups in total. The van der Waals surface area contributed by atoms with E-state index in [1.54, 1.807) is 24.3 Å². The molecule has 1 aliphatic rings. The van der Waals surface area contributed by atoms with Crippen molar-refractivity contribution in [2.24, 2.45) is 0 Å². The fourth-order valence-electron chi connectivity index (χ4n) is 2.63. The first-order chi connectivity index (χ1) is 12.3. The molecule has 0 spiro atoms. The standard InChI is InChI=1S/C17H16F2N2O3S2/c18-17(19)25-15-8-2-12(3-9-15)16(22)20-13-4-6-14(7-5-13)21-10-1-11-26(21,23)24/h2-9,17H,1,10-11H2,(H,20,22). The minimum atomic E-state index is -3.24. The summed E-state index contributed by atoms with van der Waals surface area (Å²) in [6.07, 6.45) is 0.598. The topological polar surface area (TPSA) is 66.5 Å². The van der Waals surface area contributed by atoms with Crippen molar-refractivity contribution in [2.45, 2.75) is 17.1 Å². The average Bonchev–Trinajstić information content (AvgIpc) is 2.95. The number of nitrogens with zero attached hydrogens (tertiary/aromatic N) is 1. The molecule has 0 aromatic heterocycles. The Labute approximate surface area is 154 Å². The van der Waals surface area contributed by atoms with E-state index >= 15 is 0 Å². The van der Waals surface area contributed by atoms with Crippen LogP contribution in [0.2, 0.25) is 0 Å². The maximum absolute atomic E-state index is 12.3. The third-order valence-corrected chi connectivity index (χ3v) is 6.45. The van der Waals surface area contributed by atoms with Crippen LogP contribution >= 0.6 is 11.8 Å². The van der Waals surface area contributed by atoms with E-state index in [-0.39, 0.29) is 11.7 Å². The lowest BCUT2D eigenvalue weighted by Gasteiger charge is -2.17. The monoisotopic (exact) mass is 398 g/mol. The second-order valence-electron chi connectivity index (χ2n) is 5.65. The lowest BCUT2D eigenvalue weighted by atomic mass is 10.2. The number of benzene rings is 2. The van der Waals surface area contributed by atoms with Crippen LogP contribution in [0, 0.1) is 0 Å². The lowest BCUT2D eigenvalue weighted by molar-refractivity contribution is 0.102. The summed E-state index contributed by atoms with van der Waals surface area (Å²) in [5.74, 6) is -2.74. The minimum Gasteiger partial charge on any atom is -0.322 e. The summed E-state index contributed by atoms with van der Waals surface area (Å²) in [7, 11) is -3.24. The smallest absolute Gasteiger partial charge is 0.288 e. The largest absolute Gasteiger partial charge is 0.322 e. The van der Waals surface area contributed by atoms with Crippen LogP contribution in [0.5, 0.6) is 0 Å². The van der Waals surface area contributed by atoms with Gasteiger partial charge in [-0.2, -0.15) is 8.78 Å². The fourth-order valence-corrected chi connectivity index (χ4v) is 4.70. The van der Waals surface area contributed by atoms with Crippen molar-refractivity contribution < 1.29 is 22.0 Å². The van der Waals surface area contributed by atoms with Gasteiger partial charge in [0.15, 0.2) is 0 Å². The zero-order valence-corrected chi connectivity index (χ0v) is 15.2. The Bertz CT molecular complexity index is 885. The van der Waals surface area contributed by atoms with E-state index in [4.69, 9.17) is 0 Å². The van der Waals surface area contributed by atoms with E-state index in [1.807, 2.05) is 0 Å². The summed E-state index contributed by atoms with van der Waals surface area (Å²) >= 11 is 0.417. The van der Waals surface area contributed by atoms with Crippen LogP contribution in [0.25, 0.3) is 0 Å². The van der Waals surface area contributed by atoms with Gasteiger partial charge in [0.1, 0.15) is 0 Å². The Hall–Kier alpha value is -2.13. The van der Waals surface area contributed by atoms with Crippen molar-refractivity contribution in [3.05, 3.63) is 54.1 Å². The zero-order valence-electron chi connectivity index (χ0n) is 13.6. The molecule has 2 aromatic rings. The second-order valence-corrected chi connectivity index (χ2v) is 8.72. The van der Waals surface area contributed by atoms with E-state index in [0.717, 1.165) is 0 Å². The highest BCUT2D eigenvalue weighted by Gasteiger charge is 2.28. The van der Waals surface area contributed by atoms with Crippen molar-refractivity contribution in [2.75, 3.05) is 21.9 Å². The molecule has 138 valence electrons. The molecule has 9 heteroatoms. The first kappa shape index (κ1) is 18.7. The molecular formula is C17H16F2N2O3S2. The Kier molecular flexibility index (Phi) is 5.47. The summed E-state index contributed by atoms with van der Waals surface area (Å²) in [6, 6.07) is 12.4. The van der Waals surface area contributed by atoms with E-state index in [9.17, 15) is 22.0 Å². The number of carbonyl (C=O) groups is 1. The number of nitrogens with one attached hydrogen (secondary N) is 1. The molecule has 1 aliphatic heterocycles. The van der Waals surface area contributed by atoms with Gasteiger partial charge in [-0.15, -0.1) is 0 Å². The van der Waals surface area contributed by atoms with Crippen LogP contribution in [0.4, 0.5) is 20.2 Å². The molecule has 1 saturated heterocycles. The molecule has 0 bridgehead atoms. The number of hydrogen-bond acceptors (Lipinski definition) is 4. The van der Waals surface area contributed by atoms with Crippen molar-refractivity contribution in [1.82, 2.24) is 0 Å². The van der Waals surface area contributed by atoms with Gasteiger partial charge < -0.3 is 5.32 Å². The van der Waals surface area contributed by atoms with Crippen LogP contribution in [-0.4, -0.2) is 32.4 Å². The molecule has 0 saturated carbocycles. The van der Waals surface area contributed by atoms with Gasteiger partial charge >= 0.3 is 0 Å². The van der Waals surface area contributed by atoms with Crippen molar-refractivity contribution >= 4 is 39.1 Å². The van der Waals surface area contributed by atoms with Crippen LogP contribution in [-0.2, 0) is 10.0 Å². The number of anilines is 2. The summed E-state index contributed by atoms with van der Waals surface area (Å²) in [6.45, 7) is 0.455. The number of halogens is 2. The number of carbonyl (C=O) groups excluding carboxylic acids is 1. The molecule has 0 aliphatic carbocycles. The molecular weight excluding hydrogens is 382 g/mol. The molecule has 5 nitrogen and oxygen atoms in total. The highest BCUT2D eigenvalue weighted by Crippen LogP contribution is 2.27. The highest BCUT2D eigenvalue weighted by molar-refractivity contribution is 7.99. The lowest BCUT2D eigenvalue weighted by Crippen LogP contribution is -2.24. The van der Waals surface area contributed by atoms with Crippen LogP contribution in [0.1, 0.15) is 16.8 Å². The van der Waals surface area contributed by atoms with Gasteiger partial charge in [0, 0.05) is 22.7 Å². The van der Waals surface area contributed by atoms with E-state index in [1.165, 1.54) is 28.6 Å². The quantitative estimate of drug-likeness (QED) is 0.778. The number of amides is 1. The van der Waals surface area contributed by atoms with Gasteiger partial charge in [-0.25, -0.2) is 8.42 Å². The maximum atomic E-state index is 12.3. The maximum Gasteiger partial charge on any atom is 0.288 e. The van der Waals surface area contributed by atoms with E-state index in [2.05, 4.69) is 5.32 Å². The summed E-state index contributed by atoms with van der Waals surface area (Å²) in [5.41, 5.74) is 1.42. The predicted molar refractivity (Wildman–Crippen MR) is 98.4 cm³/mol. The van der Waals surface area contributed by atoms with Gasteiger partial charge in [-0.1, -0.05) is 11.8 Å². The van der Waals surface area contributed by atoms with Crippen molar-refractivity contribution in [3.8, 4) is 0 Å². The first-order valence-corrected chi connectivity index (χ1v) is 10.3. The molecule has 1 fully saturated rings. The van der Waals surface area contributed by atoms with Gasteiger partial charge in [-0.3, -0.25) is 9.10 Å². The Morgan fingerprint density at radius 1 is 1.08 bits per heavy atom. The third-order valence-electron chi connectivity index (χ3n) is 3.85. The molecule has 0 unspecified atom stereocenters. The second kappa shape index (κ2) is 7.63. The molecule has 2 aromatic carbocycles. The van der Waals surface area contributed by atoms with Gasteiger partial charge in [0.05, 0.1) is 11.4 Å². The minimum absolute atomic E-state index is 0.144. The number of alkyl halides is 2. The molecule has 0 atom stereocenters. The van der Waals surface area contributed by atoms with Crippen LogP contribution in [0.3, 0.4) is 0 Å². The summed E-state index contributed by atoms with van der Waals surface area (Å²) in [5, 5.41) is 2.70. The molecule has 3 rings (SSSR count). The molecule has 1 heterocycles. The molecule has 1 amide bonds. The normalized spacial score (nSPS) is 16.0. The average molecular weight is 398 g/mol. The number of thioether (sulfide) groups is 1. The van der Waals surface area contributed by atoms with Gasteiger partial charge in [-0.05, 0) is 55.0 Å². The first-order valence-electron chi connectivity index (χ1n) is 7.82. The van der Waals surface area contributed by atoms with Crippen molar-refractivity contribution in [1.29, 1.82) is 0 Å². The number of rotatable bonds is 5. The van der Waals surface area contributed by atoms with Crippen LogP contribution in [0.15, 0.2) is 53.4 Å². The SMILES string of the molecule is O=C(Nc1ccc(N2CCCS2(=O)=O)cc1)c1ccc(SC(F)F)cc1. The third kappa shape index (κ3) is 4.34. The van der Waals surface area contributed by atoms with Crippen LogP contribution < -0.4 is 9.62 Å². The number of sulfonamides is 1. The Morgan fingerprint density at radius 3 is 2.27 bits per heavy atom. The van der Waals surface area contributed by atoms with E-state index < -0.39 is 15.8 Å². The molecule has 26 heavy (non-hydrogen) atoms. The van der Waals surface area contributed by atoms with Gasteiger partial charge in [0.2, 0.25) is 10.0 Å². The zero-order chi connectivity index (χ0) is 18.7. The Morgan fingerprint density at radius 2 is 1.73 bits per heavy atom. The summed E-state index contributed by atoms with van der Waals surface area (Å²) < 4.78 is 49.8. The Balaban J connectivity index is 1.66.